The summed E-state index contributed by atoms with van der Waals surface area (Å²) in [7, 11) is 0. The molecule has 2 aromatic rings. The molecule has 0 aliphatic rings. The van der Waals surface area contributed by atoms with Crippen molar-refractivity contribution in [1.82, 2.24) is 5.32 Å². The van der Waals surface area contributed by atoms with Gasteiger partial charge in [-0.2, -0.15) is 5.26 Å². The molecule has 0 spiro atoms. The second-order valence-electron chi connectivity index (χ2n) is 4.80. The van der Waals surface area contributed by atoms with Crippen LogP contribution in [-0.4, -0.2) is 12.5 Å². The molecular formula is C18H14Cl2N2O. The zero-order chi connectivity index (χ0) is 16.7. The van der Waals surface area contributed by atoms with Crippen molar-refractivity contribution in [3.63, 3.8) is 0 Å². The van der Waals surface area contributed by atoms with Gasteiger partial charge in [0.2, 0.25) is 0 Å². The molecule has 0 radical (unpaired) electrons. The minimum atomic E-state index is -0.431. The highest BCUT2D eigenvalue weighted by molar-refractivity contribution is 6.43. The van der Waals surface area contributed by atoms with Gasteiger partial charge in [-0.1, -0.05) is 65.7 Å². The third kappa shape index (κ3) is 4.85. The SMILES string of the molecule is N#CC(=Cc1cccc(Cl)c1Cl)C(=O)NCCc1ccccc1. The highest BCUT2D eigenvalue weighted by atomic mass is 35.5. The molecule has 0 aliphatic heterocycles. The Labute approximate surface area is 145 Å². The minimum Gasteiger partial charge on any atom is -0.351 e. The van der Waals surface area contributed by atoms with E-state index in [1.165, 1.54) is 6.08 Å². The molecule has 3 nitrogen and oxygen atoms in total. The summed E-state index contributed by atoms with van der Waals surface area (Å²) in [5.74, 6) is -0.431. The topological polar surface area (TPSA) is 52.9 Å². The largest absolute Gasteiger partial charge is 0.351 e. The van der Waals surface area contributed by atoms with Crippen LogP contribution in [0.15, 0.2) is 54.1 Å². The maximum absolute atomic E-state index is 12.1. The highest BCUT2D eigenvalue weighted by Crippen LogP contribution is 2.27. The average molecular weight is 345 g/mol. The first kappa shape index (κ1) is 17.1. The number of carbonyl (C=O) groups excluding carboxylic acids is 1. The zero-order valence-electron chi connectivity index (χ0n) is 12.2. The van der Waals surface area contributed by atoms with Gasteiger partial charge in [0, 0.05) is 6.54 Å². The molecule has 116 valence electrons. The van der Waals surface area contributed by atoms with Crippen LogP contribution in [-0.2, 0) is 11.2 Å². The quantitative estimate of drug-likeness (QED) is 0.650. The van der Waals surface area contributed by atoms with Crippen LogP contribution in [0.4, 0.5) is 0 Å². The van der Waals surface area contributed by atoms with Crippen LogP contribution in [0, 0.1) is 11.3 Å². The number of hydrogen-bond acceptors (Lipinski definition) is 2. The van der Waals surface area contributed by atoms with Gasteiger partial charge in [0.05, 0.1) is 10.0 Å². The number of hydrogen-bond donors (Lipinski definition) is 1. The zero-order valence-corrected chi connectivity index (χ0v) is 13.7. The van der Waals surface area contributed by atoms with Crippen LogP contribution in [0.5, 0.6) is 0 Å². The van der Waals surface area contributed by atoms with E-state index in [-0.39, 0.29) is 5.57 Å². The summed E-state index contributed by atoms with van der Waals surface area (Å²) in [5.41, 5.74) is 1.64. The van der Waals surface area contributed by atoms with Gasteiger partial charge < -0.3 is 5.32 Å². The number of nitrogens with zero attached hydrogens (tertiary/aromatic N) is 1. The van der Waals surface area contributed by atoms with E-state index in [2.05, 4.69) is 5.32 Å². The molecular weight excluding hydrogens is 331 g/mol. The molecule has 2 aromatic carbocycles. The lowest BCUT2D eigenvalue weighted by atomic mass is 10.1. The molecule has 0 bridgehead atoms. The van der Waals surface area contributed by atoms with Gasteiger partial charge in [-0.25, -0.2) is 0 Å². The van der Waals surface area contributed by atoms with E-state index in [1.807, 2.05) is 36.4 Å². The lowest BCUT2D eigenvalue weighted by Gasteiger charge is -2.05. The summed E-state index contributed by atoms with van der Waals surface area (Å²) in [6.45, 7) is 0.450. The van der Waals surface area contributed by atoms with Crippen molar-refractivity contribution in [3.8, 4) is 6.07 Å². The fourth-order valence-electron chi connectivity index (χ4n) is 2.00. The number of nitrogens with one attached hydrogen (secondary N) is 1. The second kappa shape index (κ2) is 8.38. The van der Waals surface area contributed by atoms with Crippen LogP contribution in [0.25, 0.3) is 6.08 Å². The summed E-state index contributed by atoms with van der Waals surface area (Å²) < 4.78 is 0. The van der Waals surface area contributed by atoms with Crippen molar-refractivity contribution in [2.24, 2.45) is 0 Å². The van der Waals surface area contributed by atoms with Gasteiger partial charge in [-0.15, -0.1) is 0 Å². The van der Waals surface area contributed by atoms with Crippen LogP contribution in [0.1, 0.15) is 11.1 Å². The normalized spacial score (nSPS) is 10.9. The van der Waals surface area contributed by atoms with E-state index in [0.29, 0.717) is 28.6 Å². The Balaban J connectivity index is 2.03. The van der Waals surface area contributed by atoms with E-state index in [0.717, 1.165) is 5.56 Å². The van der Waals surface area contributed by atoms with Gasteiger partial charge in [0.1, 0.15) is 11.6 Å². The molecule has 0 aliphatic carbocycles. The van der Waals surface area contributed by atoms with E-state index in [9.17, 15) is 10.1 Å². The van der Waals surface area contributed by atoms with Crippen molar-refractivity contribution in [1.29, 1.82) is 5.26 Å². The molecule has 23 heavy (non-hydrogen) atoms. The molecule has 0 fully saturated rings. The standard InChI is InChI=1S/C18H14Cl2N2O/c19-16-8-4-7-14(17(16)20)11-15(12-21)18(23)22-10-9-13-5-2-1-3-6-13/h1-8,11H,9-10H2,(H,22,23). The Morgan fingerprint density at radius 1 is 1.13 bits per heavy atom. The molecule has 2 rings (SSSR count). The third-order valence-corrected chi connectivity index (χ3v) is 4.02. The average Bonchev–Trinajstić information content (AvgIpc) is 2.57. The van der Waals surface area contributed by atoms with Crippen molar-refractivity contribution in [3.05, 3.63) is 75.3 Å². The summed E-state index contributed by atoms with van der Waals surface area (Å²) in [6.07, 6.45) is 2.13. The Bertz CT molecular complexity index is 764. The van der Waals surface area contributed by atoms with Crippen molar-refractivity contribution >= 4 is 35.2 Å². The Morgan fingerprint density at radius 2 is 1.87 bits per heavy atom. The van der Waals surface area contributed by atoms with Gasteiger partial charge >= 0.3 is 0 Å². The molecule has 1 amide bonds. The molecule has 0 unspecified atom stereocenters. The molecule has 0 heterocycles. The molecule has 0 atom stereocenters. The van der Waals surface area contributed by atoms with Gasteiger partial charge in [0.15, 0.2) is 0 Å². The predicted octanol–water partition coefficient (Wildman–Crippen LogP) is 4.26. The Hall–Kier alpha value is -2.28. The van der Waals surface area contributed by atoms with Gasteiger partial charge in [0.25, 0.3) is 5.91 Å². The van der Waals surface area contributed by atoms with E-state index >= 15 is 0 Å². The molecule has 5 heteroatoms. The van der Waals surface area contributed by atoms with Crippen LogP contribution < -0.4 is 5.32 Å². The highest BCUT2D eigenvalue weighted by Gasteiger charge is 2.10. The van der Waals surface area contributed by atoms with E-state index in [4.69, 9.17) is 23.2 Å². The number of rotatable bonds is 5. The molecule has 1 N–H and O–H groups in total. The second-order valence-corrected chi connectivity index (χ2v) is 5.59. The summed E-state index contributed by atoms with van der Waals surface area (Å²) in [4.78, 5) is 12.1. The fraction of sp³-hybridized carbons (Fsp3) is 0.111. The number of carbonyl (C=O) groups is 1. The number of amides is 1. The minimum absolute atomic E-state index is 0.0118. The van der Waals surface area contributed by atoms with Gasteiger partial charge in [-0.05, 0) is 29.7 Å². The first-order chi connectivity index (χ1) is 11.1. The smallest absolute Gasteiger partial charge is 0.261 e. The number of benzene rings is 2. The lowest BCUT2D eigenvalue weighted by Crippen LogP contribution is -2.26. The predicted molar refractivity (Wildman–Crippen MR) is 93.2 cm³/mol. The Kier molecular flexibility index (Phi) is 6.22. The van der Waals surface area contributed by atoms with Crippen molar-refractivity contribution in [2.75, 3.05) is 6.54 Å². The lowest BCUT2D eigenvalue weighted by molar-refractivity contribution is -0.117. The Morgan fingerprint density at radius 3 is 2.57 bits per heavy atom. The first-order valence-corrected chi connectivity index (χ1v) is 7.75. The molecule has 0 saturated heterocycles. The summed E-state index contributed by atoms with van der Waals surface area (Å²) in [6, 6.07) is 16.7. The van der Waals surface area contributed by atoms with E-state index < -0.39 is 5.91 Å². The number of halogens is 2. The van der Waals surface area contributed by atoms with E-state index in [1.54, 1.807) is 18.2 Å². The van der Waals surface area contributed by atoms with Crippen molar-refractivity contribution < 1.29 is 4.79 Å². The van der Waals surface area contributed by atoms with Crippen LogP contribution in [0.2, 0.25) is 10.0 Å². The van der Waals surface area contributed by atoms with Crippen LogP contribution >= 0.6 is 23.2 Å². The van der Waals surface area contributed by atoms with Gasteiger partial charge in [-0.3, -0.25) is 4.79 Å². The van der Waals surface area contributed by atoms with Crippen LogP contribution in [0.3, 0.4) is 0 Å². The summed E-state index contributed by atoms with van der Waals surface area (Å²) >= 11 is 12.0. The maximum atomic E-state index is 12.1. The summed E-state index contributed by atoms with van der Waals surface area (Å²) in [5, 5.41) is 12.6. The monoisotopic (exact) mass is 344 g/mol. The fourth-order valence-corrected chi connectivity index (χ4v) is 2.36. The molecule has 0 saturated carbocycles. The maximum Gasteiger partial charge on any atom is 0.261 e. The van der Waals surface area contributed by atoms with Crippen molar-refractivity contribution in [2.45, 2.75) is 6.42 Å². The molecule has 0 aromatic heterocycles. The number of nitriles is 1. The third-order valence-electron chi connectivity index (χ3n) is 3.19. The first-order valence-electron chi connectivity index (χ1n) is 6.99.